The largest absolute Gasteiger partial charge is 0.399 e. The minimum absolute atomic E-state index is 0.0182. The first-order chi connectivity index (χ1) is 8.25. The first-order valence-corrected chi connectivity index (χ1v) is 6.39. The quantitative estimate of drug-likeness (QED) is 0.784. The molecule has 1 fully saturated rings. The SMILES string of the molecule is Nc1cccc(C(=O)NCCC2CCCC2)c1. The van der Waals surface area contributed by atoms with Crippen LogP contribution in [0.5, 0.6) is 0 Å². The summed E-state index contributed by atoms with van der Waals surface area (Å²) in [4.78, 5) is 11.8. The first kappa shape index (κ1) is 12.0. The molecular formula is C14H20N2O. The number of rotatable bonds is 4. The molecule has 0 radical (unpaired) electrons. The average molecular weight is 232 g/mol. The molecule has 0 aliphatic heterocycles. The van der Waals surface area contributed by atoms with Gasteiger partial charge >= 0.3 is 0 Å². The summed E-state index contributed by atoms with van der Waals surface area (Å²) in [6, 6.07) is 7.10. The Morgan fingerprint density at radius 3 is 2.82 bits per heavy atom. The van der Waals surface area contributed by atoms with Gasteiger partial charge in [-0.1, -0.05) is 31.7 Å². The maximum atomic E-state index is 11.8. The lowest BCUT2D eigenvalue weighted by atomic mass is 10.0. The minimum Gasteiger partial charge on any atom is -0.399 e. The number of hydrogen-bond acceptors (Lipinski definition) is 2. The molecule has 0 unspecified atom stereocenters. The minimum atomic E-state index is -0.0182. The second kappa shape index (κ2) is 5.71. The number of anilines is 1. The summed E-state index contributed by atoms with van der Waals surface area (Å²) < 4.78 is 0. The van der Waals surface area contributed by atoms with Crippen molar-refractivity contribution >= 4 is 11.6 Å². The molecule has 92 valence electrons. The van der Waals surface area contributed by atoms with Gasteiger partial charge in [-0.2, -0.15) is 0 Å². The van der Waals surface area contributed by atoms with Crippen LogP contribution in [-0.2, 0) is 0 Å². The zero-order valence-corrected chi connectivity index (χ0v) is 10.1. The van der Waals surface area contributed by atoms with Crippen LogP contribution in [0.3, 0.4) is 0 Å². The van der Waals surface area contributed by atoms with E-state index in [4.69, 9.17) is 5.73 Å². The maximum absolute atomic E-state index is 11.8. The third-order valence-electron chi connectivity index (χ3n) is 3.46. The molecule has 3 nitrogen and oxygen atoms in total. The lowest BCUT2D eigenvalue weighted by Crippen LogP contribution is -2.25. The molecule has 0 bridgehead atoms. The molecule has 1 amide bonds. The average Bonchev–Trinajstić information content (AvgIpc) is 2.82. The smallest absolute Gasteiger partial charge is 0.251 e. The highest BCUT2D eigenvalue weighted by molar-refractivity contribution is 5.94. The zero-order chi connectivity index (χ0) is 12.1. The van der Waals surface area contributed by atoms with Gasteiger partial charge in [-0.3, -0.25) is 4.79 Å². The monoisotopic (exact) mass is 232 g/mol. The fourth-order valence-electron chi connectivity index (χ4n) is 2.47. The normalized spacial score (nSPS) is 16.0. The number of amides is 1. The third kappa shape index (κ3) is 3.48. The van der Waals surface area contributed by atoms with E-state index in [1.165, 1.54) is 25.7 Å². The van der Waals surface area contributed by atoms with Crippen molar-refractivity contribution in [1.82, 2.24) is 5.32 Å². The fourth-order valence-corrected chi connectivity index (χ4v) is 2.47. The molecule has 0 aromatic heterocycles. The highest BCUT2D eigenvalue weighted by Crippen LogP contribution is 2.26. The molecule has 1 aromatic carbocycles. The van der Waals surface area contributed by atoms with E-state index in [1.54, 1.807) is 24.3 Å². The topological polar surface area (TPSA) is 55.1 Å². The number of nitrogens with two attached hydrogens (primary N) is 1. The standard InChI is InChI=1S/C14H20N2O/c15-13-7-3-6-12(10-13)14(17)16-9-8-11-4-1-2-5-11/h3,6-7,10-11H,1-2,4-5,8-9,15H2,(H,16,17). The Morgan fingerprint density at radius 1 is 1.35 bits per heavy atom. The molecule has 1 aliphatic carbocycles. The molecule has 0 heterocycles. The van der Waals surface area contributed by atoms with Gasteiger partial charge in [0.1, 0.15) is 0 Å². The highest BCUT2D eigenvalue weighted by atomic mass is 16.1. The molecular weight excluding hydrogens is 212 g/mol. The van der Waals surface area contributed by atoms with Crippen LogP contribution in [0.1, 0.15) is 42.5 Å². The number of nitrogens with one attached hydrogen (secondary N) is 1. The van der Waals surface area contributed by atoms with Crippen molar-refractivity contribution in [2.24, 2.45) is 5.92 Å². The summed E-state index contributed by atoms with van der Waals surface area (Å²) in [6.07, 6.45) is 6.47. The van der Waals surface area contributed by atoms with Crippen LogP contribution in [0.15, 0.2) is 24.3 Å². The predicted molar refractivity (Wildman–Crippen MR) is 69.8 cm³/mol. The van der Waals surface area contributed by atoms with Gasteiger partial charge in [0.25, 0.3) is 5.91 Å². The molecule has 3 N–H and O–H groups in total. The second-order valence-corrected chi connectivity index (χ2v) is 4.82. The zero-order valence-electron chi connectivity index (χ0n) is 10.1. The molecule has 1 saturated carbocycles. The van der Waals surface area contributed by atoms with Crippen molar-refractivity contribution in [3.05, 3.63) is 29.8 Å². The number of hydrogen-bond donors (Lipinski definition) is 2. The number of benzene rings is 1. The van der Waals surface area contributed by atoms with Gasteiger partial charge in [-0.05, 0) is 30.5 Å². The van der Waals surface area contributed by atoms with Crippen LogP contribution in [0.25, 0.3) is 0 Å². The molecule has 0 spiro atoms. The van der Waals surface area contributed by atoms with Gasteiger partial charge in [-0.15, -0.1) is 0 Å². The molecule has 2 rings (SSSR count). The van der Waals surface area contributed by atoms with Crippen molar-refractivity contribution in [2.75, 3.05) is 12.3 Å². The van der Waals surface area contributed by atoms with Gasteiger partial charge in [0.2, 0.25) is 0 Å². The van der Waals surface area contributed by atoms with Gasteiger partial charge in [0.15, 0.2) is 0 Å². The van der Waals surface area contributed by atoms with Crippen molar-refractivity contribution in [3.63, 3.8) is 0 Å². The Bertz CT molecular complexity index is 384. The van der Waals surface area contributed by atoms with E-state index in [2.05, 4.69) is 5.32 Å². The lowest BCUT2D eigenvalue weighted by molar-refractivity contribution is 0.0951. The Labute approximate surface area is 102 Å². The van der Waals surface area contributed by atoms with E-state index in [1.807, 2.05) is 0 Å². The Hall–Kier alpha value is -1.51. The summed E-state index contributed by atoms with van der Waals surface area (Å²) >= 11 is 0. The summed E-state index contributed by atoms with van der Waals surface area (Å²) in [5.41, 5.74) is 6.93. The third-order valence-corrected chi connectivity index (χ3v) is 3.46. The number of nitrogen functional groups attached to an aromatic ring is 1. The molecule has 1 aliphatic rings. The van der Waals surface area contributed by atoms with Crippen molar-refractivity contribution in [2.45, 2.75) is 32.1 Å². The second-order valence-electron chi connectivity index (χ2n) is 4.82. The summed E-state index contributed by atoms with van der Waals surface area (Å²) in [6.45, 7) is 0.776. The van der Waals surface area contributed by atoms with Crippen molar-refractivity contribution in [3.8, 4) is 0 Å². The van der Waals surface area contributed by atoms with Crippen LogP contribution < -0.4 is 11.1 Å². The molecule has 3 heteroatoms. The summed E-state index contributed by atoms with van der Waals surface area (Å²) in [5.74, 6) is 0.798. The van der Waals surface area contributed by atoms with Crippen LogP contribution in [0.2, 0.25) is 0 Å². The maximum Gasteiger partial charge on any atom is 0.251 e. The fraction of sp³-hybridized carbons (Fsp3) is 0.500. The highest BCUT2D eigenvalue weighted by Gasteiger charge is 2.14. The van der Waals surface area contributed by atoms with Crippen LogP contribution >= 0.6 is 0 Å². The first-order valence-electron chi connectivity index (χ1n) is 6.39. The molecule has 0 atom stereocenters. The van der Waals surface area contributed by atoms with E-state index >= 15 is 0 Å². The van der Waals surface area contributed by atoms with Gasteiger partial charge in [-0.25, -0.2) is 0 Å². The predicted octanol–water partition coefficient (Wildman–Crippen LogP) is 2.58. The Balaban J connectivity index is 1.77. The molecule has 17 heavy (non-hydrogen) atoms. The van der Waals surface area contributed by atoms with Gasteiger partial charge in [0, 0.05) is 17.8 Å². The van der Waals surface area contributed by atoms with Crippen molar-refractivity contribution < 1.29 is 4.79 Å². The number of carbonyl (C=O) groups excluding carboxylic acids is 1. The summed E-state index contributed by atoms with van der Waals surface area (Å²) in [7, 11) is 0. The summed E-state index contributed by atoms with van der Waals surface area (Å²) in [5, 5.41) is 2.96. The van der Waals surface area contributed by atoms with Gasteiger partial charge < -0.3 is 11.1 Å². The van der Waals surface area contributed by atoms with E-state index in [0.717, 1.165) is 18.9 Å². The van der Waals surface area contributed by atoms with E-state index in [0.29, 0.717) is 11.3 Å². The Kier molecular flexibility index (Phi) is 4.02. The van der Waals surface area contributed by atoms with Crippen LogP contribution in [0, 0.1) is 5.92 Å². The van der Waals surface area contributed by atoms with Gasteiger partial charge in [0.05, 0.1) is 0 Å². The number of carbonyl (C=O) groups is 1. The van der Waals surface area contributed by atoms with Crippen LogP contribution in [0.4, 0.5) is 5.69 Å². The Morgan fingerprint density at radius 2 is 2.12 bits per heavy atom. The van der Waals surface area contributed by atoms with Crippen LogP contribution in [-0.4, -0.2) is 12.5 Å². The lowest BCUT2D eigenvalue weighted by Gasteiger charge is -2.10. The van der Waals surface area contributed by atoms with E-state index in [-0.39, 0.29) is 5.91 Å². The molecule has 1 aromatic rings. The van der Waals surface area contributed by atoms with Crippen molar-refractivity contribution in [1.29, 1.82) is 0 Å². The van der Waals surface area contributed by atoms with E-state index in [9.17, 15) is 4.79 Å². The van der Waals surface area contributed by atoms with E-state index < -0.39 is 0 Å². The molecule has 0 saturated heterocycles.